The molecule has 10 heteroatoms. The van der Waals surface area contributed by atoms with Crippen LogP contribution in [0.25, 0.3) is 21.8 Å². The summed E-state index contributed by atoms with van der Waals surface area (Å²) in [5.74, 6) is 0. The highest BCUT2D eigenvalue weighted by molar-refractivity contribution is 5.77. The largest absolute Gasteiger partial charge is 0.330 e. The molecule has 190 valence electrons. The molecule has 10 nitrogen and oxygen atoms in total. The van der Waals surface area contributed by atoms with Crippen molar-refractivity contribution in [3.8, 4) is 0 Å². The Morgan fingerprint density at radius 2 is 1.42 bits per heavy atom. The number of hydrogen-bond donors (Lipinski definition) is 4. The lowest BCUT2D eigenvalue weighted by Gasteiger charge is -2.21. The number of aromatic amines is 2. The minimum atomic E-state index is -0.428. The van der Waals surface area contributed by atoms with Crippen LogP contribution in [0, 0.1) is 0 Å². The molecule has 0 bridgehead atoms. The predicted octanol–water partition coefficient (Wildman–Crippen LogP) is 1.65. The maximum atomic E-state index is 12.9. The first kappa shape index (κ1) is 25.3. The topological polar surface area (TPSA) is 134 Å². The zero-order valence-electron chi connectivity index (χ0n) is 20.5. The van der Waals surface area contributed by atoms with E-state index >= 15 is 0 Å². The van der Waals surface area contributed by atoms with Gasteiger partial charge in [0.1, 0.15) is 0 Å². The van der Waals surface area contributed by atoms with E-state index in [0.29, 0.717) is 54.3 Å². The lowest BCUT2D eigenvalue weighted by molar-refractivity contribution is 0.356. The summed E-state index contributed by atoms with van der Waals surface area (Å²) in [6.45, 7) is 5.54. The summed E-state index contributed by atoms with van der Waals surface area (Å²) in [5, 5.41) is 7.71. The molecule has 0 spiro atoms. The van der Waals surface area contributed by atoms with E-state index in [-0.39, 0.29) is 17.2 Å². The molecule has 0 saturated heterocycles. The Morgan fingerprint density at radius 3 is 2.08 bits per heavy atom. The first-order valence-electron chi connectivity index (χ1n) is 12.3. The molecule has 2 aromatic carbocycles. The van der Waals surface area contributed by atoms with Crippen molar-refractivity contribution in [2.24, 2.45) is 0 Å². The number of rotatable bonds is 11. The Hall–Kier alpha value is -3.76. The van der Waals surface area contributed by atoms with Crippen LogP contribution in [-0.4, -0.2) is 38.2 Å². The third kappa shape index (κ3) is 5.39. The van der Waals surface area contributed by atoms with Gasteiger partial charge in [0.15, 0.2) is 0 Å². The maximum Gasteiger partial charge on any atom is 0.330 e. The van der Waals surface area contributed by atoms with Crippen molar-refractivity contribution >= 4 is 21.8 Å². The Balaban J connectivity index is 1.28. The number of para-hydroxylation sites is 2. The van der Waals surface area contributed by atoms with Crippen LogP contribution in [0.3, 0.4) is 0 Å². The predicted molar refractivity (Wildman–Crippen MR) is 142 cm³/mol. The van der Waals surface area contributed by atoms with E-state index in [0.717, 1.165) is 6.42 Å². The molecular weight excluding hydrogens is 460 g/mol. The number of benzene rings is 2. The third-order valence-electron chi connectivity index (χ3n) is 6.43. The van der Waals surface area contributed by atoms with E-state index in [4.69, 9.17) is 0 Å². The number of aromatic nitrogens is 4. The zero-order valence-corrected chi connectivity index (χ0v) is 20.5. The molecule has 0 aliphatic carbocycles. The van der Waals surface area contributed by atoms with E-state index in [1.165, 1.54) is 9.13 Å². The second-order valence-electron chi connectivity index (χ2n) is 8.96. The Kier molecular flexibility index (Phi) is 7.97. The van der Waals surface area contributed by atoms with Crippen LogP contribution in [-0.2, 0) is 6.54 Å². The van der Waals surface area contributed by atoms with Crippen LogP contribution in [0.4, 0.5) is 0 Å². The highest BCUT2D eigenvalue weighted by Crippen LogP contribution is 2.07. The molecule has 2 heterocycles. The van der Waals surface area contributed by atoms with Gasteiger partial charge in [0.05, 0.1) is 28.0 Å². The van der Waals surface area contributed by atoms with Gasteiger partial charge in [-0.15, -0.1) is 0 Å². The molecule has 0 aliphatic heterocycles. The van der Waals surface area contributed by atoms with Gasteiger partial charge in [-0.3, -0.25) is 19.5 Å². The molecule has 0 amide bonds. The molecule has 0 radical (unpaired) electrons. The summed E-state index contributed by atoms with van der Waals surface area (Å²) in [5.41, 5.74) is -0.343. The fraction of sp³-hybridized carbons (Fsp3) is 0.385. The number of nitrogens with zero attached hydrogens (tertiary/aromatic N) is 2. The van der Waals surface area contributed by atoms with Gasteiger partial charge >= 0.3 is 11.4 Å². The monoisotopic (exact) mass is 492 g/mol. The van der Waals surface area contributed by atoms with Gasteiger partial charge in [-0.2, -0.15) is 0 Å². The van der Waals surface area contributed by atoms with Crippen LogP contribution >= 0.6 is 0 Å². The molecule has 0 aliphatic rings. The fourth-order valence-corrected chi connectivity index (χ4v) is 4.43. The number of nitrogens with one attached hydrogen (secondary N) is 4. The molecule has 2 unspecified atom stereocenters. The van der Waals surface area contributed by atoms with E-state index in [2.05, 4.69) is 20.6 Å². The van der Waals surface area contributed by atoms with Crippen LogP contribution in [0.15, 0.2) is 67.7 Å². The van der Waals surface area contributed by atoms with Crippen LogP contribution in [0.1, 0.15) is 39.3 Å². The summed E-state index contributed by atoms with van der Waals surface area (Å²) >= 11 is 0. The SMILES string of the molecule is CCC(NCCC(C)NCCCn1c(=O)[nH]c2ccccc2c1=O)n1c(=O)[nH]c2ccccc2c1=O. The smallest absolute Gasteiger partial charge is 0.314 e. The first-order chi connectivity index (χ1) is 17.4. The normalized spacial score (nSPS) is 13.3. The van der Waals surface area contributed by atoms with E-state index in [1.54, 1.807) is 48.5 Å². The fourth-order valence-electron chi connectivity index (χ4n) is 4.43. The Morgan fingerprint density at radius 1 is 0.806 bits per heavy atom. The second-order valence-corrected chi connectivity index (χ2v) is 8.96. The summed E-state index contributed by atoms with van der Waals surface area (Å²) in [6.07, 6.45) is 1.56. The molecule has 4 rings (SSSR count). The van der Waals surface area contributed by atoms with Crippen LogP contribution in [0.2, 0.25) is 0 Å². The molecule has 0 fully saturated rings. The van der Waals surface area contributed by atoms with Gasteiger partial charge in [0.25, 0.3) is 11.1 Å². The third-order valence-corrected chi connectivity index (χ3v) is 6.43. The van der Waals surface area contributed by atoms with Gasteiger partial charge in [0.2, 0.25) is 0 Å². The second kappa shape index (κ2) is 11.3. The quantitative estimate of drug-likeness (QED) is 0.235. The molecule has 0 saturated carbocycles. The van der Waals surface area contributed by atoms with Crippen molar-refractivity contribution in [2.45, 2.75) is 51.9 Å². The van der Waals surface area contributed by atoms with Gasteiger partial charge in [-0.1, -0.05) is 31.2 Å². The Labute approximate surface area is 207 Å². The van der Waals surface area contributed by atoms with Gasteiger partial charge in [0, 0.05) is 12.6 Å². The van der Waals surface area contributed by atoms with Gasteiger partial charge in [-0.05, 0) is 63.5 Å². The minimum absolute atomic E-state index is 0.160. The van der Waals surface area contributed by atoms with Crippen LogP contribution < -0.4 is 33.1 Å². The van der Waals surface area contributed by atoms with E-state index < -0.39 is 17.5 Å². The average Bonchev–Trinajstić information content (AvgIpc) is 2.87. The van der Waals surface area contributed by atoms with Crippen molar-refractivity contribution in [3.63, 3.8) is 0 Å². The molecular formula is C26H32N6O4. The van der Waals surface area contributed by atoms with Crippen molar-refractivity contribution in [1.82, 2.24) is 29.7 Å². The van der Waals surface area contributed by atoms with E-state index in [9.17, 15) is 19.2 Å². The van der Waals surface area contributed by atoms with Crippen LogP contribution in [0.5, 0.6) is 0 Å². The van der Waals surface area contributed by atoms with E-state index in [1.807, 2.05) is 13.8 Å². The van der Waals surface area contributed by atoms with Gasteiger partial charge < -0.3 is 15.3 Å². The van der Waals surface area contributed by atoms with Crippen molar-refractivity contribution in [3.05, 3.63) is 90.2 Å². The highest BCUT2D eigenvalue weighted by Gasteiger charge is 2.16. The molecule has 36 heavy (non-hydrogen) atoms. The summed E-state index contributed by atoms with van der Waals surface area (Å²) in [7, 11) is 0. The minimum Gasteiger partial charge on any atom is -0.314 e. The lowest BCUT2D eigenvalue weighted by atomic mass is 10.2. The summed E-state index contributed by atoms with van der Waals surface area (Å²) < 4.78 is 2.49. The number of fused-ring (bicyclic) bond motifs is 2. The Bertz CT molecular complexity index is 1580. The molecule has 2 aromatic heterocycles. The first-order valence-corrected chi connectivity index (χ1v) is 12.3. The average molecular weight is 493 g/mol. The summed E-state index contributed by atoms with van der Waals surface area (Å²) in [4.78, 5) is 55.9. The highest BCUT2D eigenvalue weighted by atomic mass is 16.2. The van der Waals surface area contributed by atoms with Crippen molar-refractivity contribution < 1.29 is 0 Å². The van der Waals surface area contributed by atoms with Gasteiger partial charge in [-0.25, -0.2) is 14.2 Å². The molecule has 4 aromatic rings. The van der Waals surface area contributed by atoms with Crippen molar-refractivity contribution in [1.29, 1.82) is 0 Å². The number of H-pyrrole nitrogens is 2. The zero-order chi connectivity index (χ0) is 25.7. The molecule has 4 N–H and O–H groups in total. The van der Waals surface area contributed by atoms with Crippen molar-refractivity contribution in [2.75, 3.05) is 13.1 Å². The standard InChI is InChI=1S/C26H32N6O4/c1-3-22(32-24(34)19-10-5-7-12-21(19)30-26(32)36)28-15-13-17(2)27-14-8-16-31-23(33)18-9-4-6-11-20(18)29-25(31)35/h4-7,9-12,17,22,27-28H,3,8,13-16H2,1-2H3,(H,29,35)(H,30,36). The summed E-state index contributed by atoms with van der Waals surface area (Å²) in [6, 6.07) is 14.1. The molecule has 2 atom stereocenters. The maximum absolute atomic E-state index is 12.9. The lowest BCUT2D eigenvalue weighted by Crippen LogP contribution is -2.44. The number of hydrogen-bond acceptors (Lipinski definition) is 6.